The summed E-state index contributed by atoms with van der Waals surface area (Å²) in [4.78, 5) is 22.9. The van der Waals surface area contributed by atoms with Crippen molar-refractivity contribution in [3.05, 3.63) is 20.4 Å². The molecule has 0 aliphatic carbocycles. The number of anilines is 2. The van der Waals surface area contributed by atoms with Gasteiger partial charge in [0.2, 0.25) is 0 Å². The zero-order chi connectivity index (χ0) is 14.5. The molecule has 5 nitrogen and oxygen atoms in total. The monoisotopic (exact) mass is 268 g/mol. The van der Waals surface area contributed by atoms with Crippen LogP contribution in [0.25, 0.3) is 0 Å². The van der Waals surface area contributed by atoms with E-state index >= 15 is 0 Å². The predicted octanol–water partition coefficient (Wildman–Crippen LogP) is 1.58. The van der Waals surface area contributed by atoms with Crippen molar-refractivity contribution in [1.29, 1.82) is 0 Å². The average molecular weight is 268 g/mol. The van der Waals surface area contributed by atoms with Crippen LogP contribution in [0.3, 0.4) is 0 Å². The van der Waals surface area contributed by atoms with Gasteiger partial charge in [-0.3, -0.25) is 9.59 Å². The van der Waals surface area contributed by atoms with Crippen LogP contribution in [0.2, 0.25) is 0 Å². The minimum Gasteiger partial charge on any atom is -0.383 e. The number of hydrogen-bond acceptors (Lipinski definition) is 5. The quantitative estimate of drug-likeness (QED) is 0.553. The molecule has 0 saturated heterocycles. The lowest BCUT2D eigenvalue weighted by molar-refractivity contribution is 0.210. The fourth-order valence-corrected chi connectivity index (χ4v) is 1.84. The van der Waals surface area contributed by atoms with Crippen LogP contribution in [0.1, 0.15) is 33.6 Å². The standard InChI is InChI=1S/C14H24N2O3/c1-14(2,3)6-5-7-15-10-11(13(18)12(10)17)16-8-9-19-4/h15-16H,5-9H2,1-4H3. The Morgan fingerprint density at radius 3 is 2.00 bits per heavy atom. The molecule has 0 radical (unpaired) electrons. The van der Waals surface area contributed by atoms with E-state index in [1.54, 1.807) is 7.11 Å². The third-order valence-corrected chi connectivity index (χ3v) is 2.92. The smallest absolute Gasteiger partial charge is 0.253 e. The zero-order valence-electron chi connectivity index (χ0n) is 12.3. The van der Waals surface area contributed by atoms with Gasteiger partial charge in [0.1, 0.15) is 11.4 Å². The SMILES string of the molecule is COCCNc1c(NCCCC(C)(C)C)c(=O)c1=O. The maximum absolute atomic E-state index is 11.5. The van der Waals surface area contributed by atoms with Crippen LogP contribution in [0.15, 0.2) is 9.59 Å². The summed E-state index contributed by atoms with van der Waals surface area (Å²) in [6, 6.07) is 0. The number of hydrogen-bond donors (Lipinski definition) is 2. The first-order valence-electron chi connectivity index (χ1n) is 6.67. The summed E-state index contributed by atoms with van der Waals surface area (Å²) in [5, 5.41) is 5.98. The molecule has 19 heavy (non-hydrogen) atoms. The van der Waals surface area contributed by atoms with Gasteiger partial charge in [-0.25, -0.2) is 0 Å². The molecule has 0 aromatic heterocycles. The molecule has 2 N–H and O–H groups in total. The molecule has 0 unspecified atom stereocenters. The maximum atomic E-state index is 11.5. The molecule has 0 fully saturated rings. The summed E-state index contributed by atoms with van der Waals surface area (Å²) in [5.74, 6) is 0. The van der Waals surface area contributed by atoms with Gasteiger partial charge in [-0.15, -0.1) is 0 Å². The zero-order valence-corrected chi connectivity index (χ0v) is 12.3. The minimum atomic E-state index is -0.436. The number of methoxy groups -OCH3 is 1. The van der Waals surface area contributed by atoms with Crippen molar-refractivity contribution in [1.82, 2.24) is 0 Å². The highest BCUT2D eigenvalue weighted by molar-refractivity contribution is 5.73. The molecule has 0 saturated carbocycles. The first kappa shape index (κ1) is 15.7. The van der Waals surface area contributed by atoms with Crippen LogP contribution in [0.5, 0.6) is 0 Å². The van der Waals surface area contributed by atoms with Gasteiger partial charge in [0.15, 0.2) is 0 Å². The first-order chi connectivity index (χ1) is 8.87. The van der Waals surface area contributed by atoms with Crippen molar-refractivity contribution in [2.45, 2.75) is 33.6 Å². The van der Waals surface area contributed by atoms with E-state index in [1.807, 2.05) is 0 Å². The van der Waals surface area contributed by atoms with Crippen molar-refractivity contribution < 1.29 is 4.74 Å². The Morgan fingerprint density at radius 1 is 1.00 bits per heavy atom. The fourth-order valence-electron chi connectivity index (χ4n) is 1.84. The molecule has 5 heteroatoms. The van der Waals surface area contributed by atoms with Gasteiger partial charge in [0.05, 0.1) is 6.61 Å². The third-order valence-electron chi connectivity index (χ3n) is 2.92. The van der Waals surface area contributed by atoms with Crippen molar-refractivity contribution in [2.75, 3.05) is 37.4 Å². The molecule has 0 spiro atoms. The Hall–Kier alpha value is -1.36. The van der Waals surface area contributed by atoms with Gasteiger partial charge in [-0.05, 0) is 18.3 Å². The van der Waals surface area contributed by atoms with E-state index in [0.29, 0.717) is 31.1 Å². The molecule has 0 aliphatic rings. The Labute approximate surface area is 114 Å². The first-order valence-corrected chi connectivity index (χ1v) is 6.67. The van der Waals surface area contributed by atoms with Crippen molar-refractivity contribution >= 4 is 11.4 Å². The molecule has 0 heterocycles. The highest BCUT2D eigenvalue weighted by Crippen LogP contribution is 2.21. The van der Waals surface area contributed by atoms with Crippen molar-refractivity contribution in [3.8, 4) is 0 Å². The lowest BCUT2D eigenvalue weighted by Gasteiger charge is -2.19. The molecular formula is C14H24N2O3. The maximum Gasteiger partial charge on any atom is 0.253 e. The summed E-state index contributed by atoms with van der Waals surface area (Å²) < 4.78 is 4.89. The lowest BCUT2D eigenvalue weighted by Crippen LogP contribution is -2.38. The fraction of sp³-hybridized carbons (Fsp3) is 0.714. The topological polar surface area (TPSA) is 67.4 Å². The molecule has 1 aromatic rings. The van der Waals surface area contributed by atoms with E-state index < -0.39 is 10.9 Å². The summed E-state index contributed by atoms with van der Waals surface area (Å²) in [5.41, 5.74) is 0.257. The van der Waals surface area contributed by atoms with Crippen LogP contribution in [0, 0.1) is 5.41 Å². The molecule has 1 rings (SSSR count). The van der Waals surface area contributed by atoms with Gasteiger partial charge in [0.25, 0.3) is 10.9 Å². The van der Waals surface area contributed by atoms with Crippen LogP contribution >= 0.6 is 0 Å². The summed E-state index contributed by atoms with van der Waals surface area (Å²) in [6.45, 7) is 8.29. The van der Waals surface area contributed by atoms with E-state index in [0.717, 1.165) is 12.8 Å². The van der Waals surface area contributed by atoms with Crippen LogP contribution in [-0.4, -0.2) is 26.8 Å². The highest BCUT2D eigenvalue weighted by Gasteiger charge is 2.20. The number of ether oxygens (including phenoxy) is 1. The lowest BCUT2D eigenvalue weighted by atomic mass is 9.90. The van der Waals surface area contributed by atoms with Gasteiger partial charge in [-0.1, -0.05) is 20.8 Å². The summed E-state index contributed by atoms with van der Waals surface area (Å²) >= 11 is 0. The average Bonchev–Trinajstić information content (AvgIpc) is 2.34. The van der Waals surface area contributed by atoms with Crippen LogP contribution < -0.4 is 21.5 Å². The molecule has 0 atom stereocenters. The van der Waals surface area contributed by atoms with Gasteiger partial charge >= 0.3 is 0 Å². The molecule has 108 valence electrons. The molecule has 0 amide bonds. The Bertz CT molecular complexity index is 468. The normalized spacial score (nSPS) is 11.8. The number of rotatable bonds is 8. The minimum absolute atomic E-state index is 0.287. The summed E-state index contributed by atoms with van der Waals surface area (Å²) in [6.07, 6.45) is 2.04. The van der Waals surface area contributed by atoms with E-state index in [-0.39, 0.29) is 5.41 Å². The van der Waals surface area contributed by atoms with E-state index in [9.17, 15) is 9.59 Å². The van der Waals surface area contributed by atoms with Gasteiger partial charge in [0, 0.05) is 20.2 Å². The largest absolute Gasteiger partial charge is 0.383 e. The number of nitrogens with one attached hydrogen (secondary N) is 2. The molecule has 0 bridgehead atoms. The van der Waals surface area contributed by atoms with Crippen LogP contribution in [-0.2, 0) is 4.74 Å². The predicted molar refractivity (Wildman–Crippen MR) is 78.9 cm³/mol. The van der Waals surface area contributed by atoms with Crippen molar-refractivity contribution in [2.24, 2.45) is 5.41 Å². The molecule has 0 aliphatic heterocycles. The Balaban J connectivity index is 2.43. The molecule has 1 aromatic carbocycles. The van der Waals surface area contributed by atoms with Crippen molar-refractivity contribution in [3.63, 3.8) is 0 Å². The van der Waals surface area contributed by atoms with Gasteiger partial charge in [-0.2, -0.15) is 0 Å². The molecular weight excluding hydrogens is 244 g/mol. The van der Waals surface area contributed by atoms with E-state index in [2.05, 4.69) is 31.4 Å². The van der Waals surface area contributed by atoms with Gasteiger partial charge < -0.3 is 15.4 Å². The summed E-state index contributed by atoms with van der Waals surface area (Å²) in [7, 11) is 1.59. The highest BCUT2D eigenvalue weighted by atomic mass is 16.5. The van der Waals surface area contributed by atoms with Crippen LogP contribution in [0.4, 0.5) is 11.4 Å². The Kier molecular flexibility index (Phi) is 5.54. The van der Waals surface area contributed by atoms with E-state index in [4.69, 9.17) is 4.74 Å². The second-order valence-corrected chi connectivity index (χ2v) is 5.92. The third kappa shape index (κ3) is 4.67. The second-order valence-electron chi connectivity index (χ2n) is 5.92. The second kappa shape index (κ2) is 6.70. The van der Waals surface area contributed by atoms with E-state index in [1.165, 1.54) is 0 Å². The Morgan fingerprint density at radius 2 is 1.53 bits per heavy atom.